The van der Waals surface area contributed by atoms with Crippen LogP contribution in [0.15, 0.2) is 0 Å². The zero-order valence-corrected chi connectivity index (χ0v) is 12.3. The smallest absolute Gasteiger partial charge is 0.0351 e. The summed E-state index contributed by atoms with van der Waals surface area (Å²) in [7, 11) is 4.37. The van der Waals surface area contributed by atoms with Crippen LogP contribution in [0.1, 0.15) is 52.9 Å². The summed E-state index contributed by atoms with van der Waals surface area (Å²) in [6, 6.07) is 0.489. The zero-order valence-electron chi connectivity index (χ0n) is 12.3. The van der Waals surface area contributed by atoms with Crippen LogP contribution < -0.4 is 5.32 Å². The number of hydrogen-bond acceptors (Lipinski definition) is 2. The van der Waals surface area contributed by atoms with Gasteiger partial charge in [0.25, 0.3) is 0 Å². The van der Waals surface area contributed by atoms with E-state index in [4.69, 9.17) is 6.42 Å². The molecule has 1 unspecified atom stereocenters. The summed E-state index contributed by atoms with van der Waals surface area (Å²) in [6.07, 6.45) is 10.8. The van der Waals surface area contributed by atoms with Gasteiger partial charge in [-0.1, -0.05) is 20.8 Å². The molecule has 0 rings (SSSR count). The molecule has 0 aliphatic heterocycles. The van der Waals surface area contributed by atoms with Gasteiger partial charge < -0.3 is 10.2 Å². The van der Waals surface area contributed by atoms with E-state index in [-0.39, 0.29) is 5.54 Å². The lowest BCUT2D eigenvalue weighted by Gasteiger charge is -2.45. The van der Waals surface area contributed by atoms with Crippen LogP contribution in [0, 0.1) is 12.3 Å². The van der Waals surface area contributed by atoms with Crippen molar-refractivity contribution in [1.29, 1.82) is 0 Å². The Balaban J connectivity index is 4.85. The molecule has 0 aliphatic rings. The molecule has 1 atom stereocenters. The third kappa shape index (κ3) is 4.33. The van der Waals surface area contributed by atoms with Crippen molar-refractivity contribution < 1.29 is 0 Å². The first-order chi connectivity index (χ1) is 8.08. The minimum atomic E-state index is 0.228. The van der Waals surface area contributed by atoms with Gasteiger partial charge in [0, 0.05) is 18.0 Å². The topological polar surface area (TPSA) is 15.3 Å². The maximum absolute atomic E-state index is 5.42. The van der Waals surface area contributed by atoms with Crippen LogP contribution in [0.25, 0.3) is 0 Å². The third-order valence-electron chi connectivity index (χ3n) is 3.98. The Hall–Kier alpha value is -0.520. The normalized spacial score (nSPS) is 13.7. The first kappa shape index (κ1) is 16.5. The number of nitrogens with zero attached hydrogens (tertiary/aromatic N) is 1. The van der Waals surface area contributed by atoms with Crippen molar-refractivity contribution in [3.05, 3.63) is 0 Å². The Morgan fingerprint density at radius 2 is 1.82 bits per heavy atom. The van der Waals surface area contributed by atoms with Crippen LogP contribution in [0.2, 0.25) is 0 Å². The summed E-state index contributed by atoms with van der Waals surface area (Å²) in [5.41, 5.74) is 0.228. The molecule has 0 saturated carbocycles. The van der Waals surface area contributed by atoms with Crippen LogP contribution in [0.5, 0.6) is 0 Å². The number of rotatable bonds is 9. The van der Waals surface area contributed by atoms with Gasteiger partial charge in [0.15, 0.2) is 0 Å². The molecule has 0 spiro atoms. The molecule has 17 heavy (non-hydrogen) atoms. The quantitative estimate of drug-likeness (QED) is 0.621. The molecule has 0 amide bonds. The first-order valence-corrected chi connectivity index (χ1v) is 6.93. The van der Waals surface area contributed by atoms with E-state index in [9.17, 15) is 0 Å². The van der Waals surface area contributed by atoms with E-state index in [0.717, 1.165) is 32.2 Å². The summed E-state index contributed by atoms with van der Waals surface area (Å²) in [6.45, 7) is 7.84. The van der Waals surface area contributed by atoms with Gasteiger partial charge in [-0.05, 0) is 46.3 Å². The Morgan fingerprint density at radius 3 is 2.18 bits per heavy atom. The maximum atomic E-state index is 5.42. The molecule has 0 fully saturated rings. The van der Waals surface area contributed by atoms with E-state index in [1.807, 2.05) is 0 Å². The van der Waals surface area contributed by atoms with E-state index in [0.29, 0.717) is 6.04 Å². The minimum absolute atomic E-state index is 0.228. The number of nitrogens with one attached hydrogen (secondary N) is 1. The lowest BCUT2D eigenvalue weighted by atomic mass is 9.81. The number of likely N-dealkylation sites (N-methyl/N-ethyl adjacent to an activating group) is 1. The van der Waals surface area contributed by atoms with Gasteiger partial charge in [-0.2, -0.15) is 0 Å². The Morgan fingerprint density at radius 1 is 1.24 bits per heavy atom. The molecule has 0 saturated heterocycles. The minimum Gasteiger partial charge on any atom is -0.312 e. The molecule has 2 nitrogen and oxygen atoms in total. The van der Waals surface area contributed by atoms with Crippen molar-refractivity contribution in [2.75, 3.05) is 20.6 Å². The Kier molecular flexibility index (Phi) is 8.29. The SMILES string of the molecule is C#CCCC(NCCC)C(CC)(CC)N(C)C. The highest BCUT2D eigenvalue weighted by Crippen LogP contribution is 2.28. The summed E-state index contributed by atoms with van der Waals surface area (Å²) in [4.78, 5) is 2.37. The average molecular weight is 238 g/mol. The summed E-state index contributed by atoms with van der Waals surface area (Å²) < 4.78 is 0. The molecule has 0 aromatic heterocycles. The van der Waals surface area contributed by atoms with Crippen molar-refractivity contribution in [3.63, 3.8) is 0 Å². The highest BCUT2D eigenvalue weighted by atomic mass is 15.2. The molecule has 2 heteroatoms. The molecule has 1 N–H and O–H groups in total. The van der Waals surface area contributed by atoms with Crippen molar-refractivity contribution >= 4 is 0 Å². The fourth-order valence-electron chi connectivity index (χ4n) is 2.79. The lowest BCUT2D eigenvalue weighted by molar-refractivity contribution is 0.0848. The van der Waals surface area contributed by atoms with E-state index in [1.54, 1.807) is 0 Å². The summed E-state index contributed by atoms with van der Waals surface area (Å²) >= 11 is 0. The standard InChI is InChI=1S/C15H30N2/c1-7-11-12-14(16-13-8-2)15(9-3,10-4)17(5)6/h1,14,16H,8-13H2,2-6H3. The number of hydrogen-bond donors (Lipinski definition) is 1. The molecule has 0 radical (unpaired) electrons. The predicted octanol–water partition coefficient (Wildman–Crippen LogP) is 2.89. The van der Waals surface area contributed by atoms with Crippen molar-refractivity contribution in [2.24, 2.45) is 0 Å². The van der Waals surface area contributed by atoms with Crippen molar-refractivity contribution in [3.8, 4) is 12.3 Å². The first-order valence-electron chi connectivity index (χ1n) is 6.93. The molecule has 0 aliphatic carbocycles. The highest BCUT2D eigenvalue weighted by Gasteiger charge is 2.36. The second-order valence-electron chi connectivity index (χ2n) is 4.95. The molecular weight excluding hydrogens is 208 g/mol. The van der Waals surface area contributed by atoms with Gasteiger partial charge in [0.05, 0.1) is 0 Å². The third-order valence-corrected chi connectivity index (χ3v) is 3.98. The van der Waals surface area contributed by atoms with Gasteiger partial charge in [0.2, 0.25) is 0 Å². The van der Waals surface area contributed by atoms with E-state index < -0.39 is 0 Å². The average Bonchev–Trinajstić information content (AvgIpc) is 2.33. The highest BCUT2D eigenvalue weighted by molar-refractivity contribution is 4.99. The van der Waals surface area contributed by atoms with Gasteiger partial charge in [-0.25, -0.2) is 0 Å². The summed E-state index contributed by atoms with van der Waals surface area (Å²) in [5.74, 6) is 2.78. The van der Waals surface area contributed by atoms with E-state index in [2.05, 4.69) is 51.0 Å². The lowest BCUT2D eigenvalue weighted by Crippen LogP contribution is -2.58. The molecule has 0 aromatic carbocycles. The Bertz CT molecular complexity index is 224. The fourth-order valence-corrected chi connectivity index (χ4v) is 2.79. The van der Waals surface area contributed by atoms with Crippen LogP contribution in [0.3, 0.4) is 0 Å². The van der Waals surface area contributed by atoms with Gasteiger partial charge in [-0.15, -0.1) is 12.3 Å². The monoisotopic (exact) mass is 238 g/mol. The van der Waals surface area contributed by atoms with Crippen LogP contribution in [0.4, 0.5) is 0 Å². The van der Waals surface area contributed by atoms with Crippen molar-refractivity contribution in [1.82, 2.24) is 10.2 Å². The van der Waals surface area contributed by atoms with Gasteiger partial charge >= 0.3 is 0 Å². The number of terminal acetylenes is 1. The second kappa shape index (κ2) is 8.55. The molecule has 0 bridgehead atoms. The predicted molar refractivity (Wildman–Crippen MR) is 77.1 cm³/mol. The summed E-state index contributed by atoms with van der Waals surface area (Å²) in [5, 5.41) is 3.69. The molecule has 100 valence electrons. The van der Waals surface area contributed by atoms with Gasteiger partial charge in [-0.3, -0.25) is 0 Å². The van der Waals surface area contributed by atoms with Crippen LogP contribution in [-0.4, -0.2) is 37.1 Å². The van der Waals surface area contributed by atoms with Crippen LogP contribution >= 0.6 is 0 Å². The Labute approximate surface area is 108 Å². The van der Waals surface area contributed by atoms with Crippen molar-refractivity contribution in [2.45, 2.75) is 64.5 Å². The zero-order chi connectivity index (χ0) is 13.3. The second-order valence-corrected chi connectivity index (χ2v) is 4.95. The fraction of sp³-hybridized carbons (Fsp3) is 0.867. The van der Waals surface area contributed by atoms with Crippen LogP contribution in [-0.2, 0) is 0 Å². The molecule has 0 heterocycles. The molecule has 0 aromatic rings. The van der Waals surface area contributed by atoms with E-state index >= 15 is 0 Å². The van der Waals surface area contributed by atoms with E-state index in [1.165, 1.54) is 6.42 Å². The van der Waals surface area contributed by atoms with Gasteiger partial charge in [0.1, 0.15) is 0 Å². The molecular formula is C15H30N2. The maximum Gasteiger partial charge on any atom is 0.0351 e. The largest absolute Gasteiger partial charge is 0.312 e.